The highest BCUT2D eigenvalue weighted by molar-refractivity contribution is 6.15. The summed E-state index contributed by atoms with van der Waals surface area (Å²) < 4.78 is 0. The van der Waals surface area contributed by atoms with Crippen molar-refractivity contribution < 1.29 is 9.59 Å². The third-order valence-electron chi connectivity index (χ3n) is 2.35. The van der Waals surface area contributed by atoms with Gasteiger partial charge in [0.05, 0.1) is 6.07 Å². The van der Waals surface area contributed by atoms with Gasteiger partial charge in [-0.2, -0.15) is 5.26 Å². The fourth-order valence-electron chi connectivity index (χ4n) is 1.62. The number of hydrogen-bond donors (Lipinski definition) is 0. The van der Waals surface area contributed by atoms with Gasteiger partial charge in [0.15, 0.2) is 11.6 Å². The summed E-state index contributed by atoms with van der Waals surface area (Å²) in [7, 11) is 0. The molecule has 1 aliphatic rings. The number of ketones is 2. The number of nitriles is 1. The summed E-state index contributed by atoms with van der Waals surface area (Å²) in [6.45, 7) is 0. The lowest BCUT2D eigenvalue weighted by Gasteiger charge is -2.16. The maximum atomic E-state index is 11.6. The Morgan fingerprint density at radius 1 is 1.21 bits per heavy atom. The van der Waals surface area contributed by atoms with Crippen LogP contribution >= 0.6 is 0 Å². The first-order valence-corrected chi connectivity index (χ1v) is 4.30. The average Bonchev–Trinajstić information content (AvgIpc) is 2.23. The molecule has 0 N–H and O–H groups in total. The summed E-state index contributed by atoms with van der Waals surface area (Å²) in [6.07, 6.45) is 0.0202. The average molecular weight is 185 g/mol. The zero-order valence-electron chi connectivity index (χ0n) is 7.36. The molecule has 1 aromatic carbocycles. The van der Waals surface area contributed by atoms with E-state index in [1.54, 1.807) is 24.3 Å². The van der Waals surface area contributed by atoms with Gasteiger partial charge >= 0.3 is 0 Å². The van der Waals surface area contributed by atoms with Crippen molar-refractivity contribution in [3.05, 3.63) is 35.4 Å². The first kappa shape index (κ1) is 8.64. The summed E-state index contributed by atoms with van der Waals surface area (Å²) in [4.78, 5) is 23.1. The number of hydrogen-bond acceptors (Lipinski definition) is 3. The van der Waals surface area contributed by atoms with E-state index in [0.29, 0.717) is 11.1 Å². The van der Waals surface area contributed by atoms with Crippen molar-refractivity contribution in [1.29, 1.82) is 5.26 Å². The Labute approximate surface area is 81.0 Å². The van der Waals surface area contributed by atoms with E-state index in [2.05, 4.69) is 0 Å². The monoisotopic (exact) mass is 185 g/mol. The van der Waals surface area contributed by atoms with Gasteiger partial charge in [-0.15, -0.1) is 0 Å². The van der Waals surface area contributed by atoms with Crippen LogP contribution in [0.2, 0.25) is 0 Å². The molecule has 0 fully saturated rings. The highest BCUT2D eigenvalue weighted by atomic mass is 16.1. The third kappa shape index (κ3) is 1.12. The number of Topliss-reactive ketones (excluding diaryl/α,β-unsaturated/α-hetero) is 2. The number of nitrogens with zero attached hydrogens (tertiary/aromatic N) is 1. The SMILES string of the molecule is N#CC1CC(=O)c2ccccc2C1=O. The van der Waals surface area contributed by atoms with Gasteiger partial charge in [0.1, 0.15) is 5.92 Å². The third-order valence-corrected chi connectivity index (χ3v) is 2.35. The predicted molar refractivity (Wildman–Crippen MR) is 48.8 cm³/mol. The molecule has 0 heterocycles. The smallest absolute Gasteiger partial charge is 0.181 e. The molecule has 2 rings (SSSR count). The normalized spacial score (nSPS) is 20.1. The van der Waals surface area contributed by atoms with Crippen LogP contribution in [0.5, 0.6) is 0 Å². The van der Waals surface area contributed by atoms with Gasteiger partial charge in [0.25, 0.3) is 0 Å². The Kier molecular flexibility index (Phi) is 1.90. The molecule has 1 aromatic rings. The molecule has 0 aliphatic heterocycles. The lowest BCUT2D eigenvalue weighted by molar-refractivity contribution is 0.0854. The van der Waals surface area contributed by atoms with Crippen LogP contribution in [0.15, 0.2) is 24.3 Å². The van der Waals surface area contributed by atoms with Gasteiger partial charge < -0.3 is 0 Å². The van der Waals surface area contributed by atoms with Crippen molar-refractivity contribution in [3.63, 3.8) is 0 Å². The Morgan fingerprint density at radius 3 is 2.50 bits per heavy atom. The van der Waals surface area contributed by atoms with Crippen LogP contribution in [-0.4, -0.2) is 11.6 Å². The second-order valence-corrected chi connectivity index (χ2v) is 3.22. The zero-order valence-corrected chi connectivity index (χ0v) is 7.36. The molecule has 0 spiro atoms. The van der Waals surface area contributed by atoms with Crippen LogP contribution in [-0.2, 0) is 0 Å². The Hall–Kier alpha value is -1.95. The molecular formula is C11H7NO2. The molecule has 0 saturated carbocycles. The molecule has 14 heavy (non-hydrogen) atoms. The maximum Gasteiger partial charge on any atom is 0.181 e. The maximum absolute atomic E-state index is 11.6. The molecule has 0 amide bonds. The molecule has 0 aromatic heterocycles. The van der Waals surface area contributed by atoms with Crippen molar-refractivity contribution >= 4 is 11.6 Å². The summed E-state index contributed by atoms with van der Waals surface area (Å²) in [6, 6.07) is 8.50. The highest BCUT2D eigenvalue weighted by Crippen LogP contribution is 2.24. The molecule has 1 unspecified atom stereocenters. The second-order valence-electron chi connectivity index (χ2n) is 3.22. The van der Waals surface area contributed by atoms with Crippen LogP contribution < -0.4 is 0 Å². The van der Waals surface area contributed by atoms with Crippen molar-refractivity contribution in [3.8, 4) is 6.07 Å². The Morgan fingerprint density at radius 2 is 1.86 bits per heavy atom. The van der Waals surface area contributed by atoms with Crippen molar-refractivity contribution in [2.45, 2.75) is 6.42 Å². The van der Waals surface area contributed by atoms with E-state index in [1.165, 1.54) is 0 Å². The van der Waals surface area contributed by atoms with Gasteiger partial charge in [-0.05, 0) is 0 Å². The minimum absolute atomic E-state index is 0.0202. The van der Waals surface area contributed by atoms with Crippen molar-refractivity contribution in [1.82, 2.24) is 0 Å². The standard InChI is InChI=1S/C11H7NO2/c12-6-7-5-10(13)8-3-1-2-4-9(8)11(7)14/h1-4,7H,5H2. The summed E-state index contributed by atoms with van der Waals surface area (Å²) >= 11 is 0. The molecule has 0 saturated heterocycles. The van der Waals surface area contributed by atoms with Crippen LogP contribution in [0.4, 0.5) is 0 Å². The topological polar surface area (TPSA) is 57.9 Å². The fourth-order valence-corrected chi connectivity index (χ4v) is 1.62. The van der Waals surface area contributed by atoms with E-state index in [1.807, 2.05) is 6.07 Å². The van der Waals surface area contributed by atoms with E-state index in [0.717, 1.165) is 0 Å². The van der Waals surface area contributed by atoms with E-state index in [9.17, 15) is 9.59 Å². The summed E-state index contributed by atoms with van der Waals surface area (Å²) in [5, 5.41) is 8.68. The van der Waals surface area contributed by atoms with Crippen LogP contribution in [0, 0.1) is 17.2 Å². The largest absolute Gasteiger partial charge is 0.294 e. The predicted octanol–water partition coefficient (Wildman–Crippen LogP) is 1.60. The van der Waals surface area contributed by atoms with Crippen LogP contribution in [0.25, 0.3) is 0 Å². The fraction of sp³-hybridized carbons (Fsp3) is 0.182. The van der Waals surface area contributed by atoms with Gasteiger partial charge in [-0.1, -0.05) is 24.3 Å². The van der Waals surface area contributed by atoms with E-state index < -0.39 is 5.92 Å². The van der Waals surface area contributed by atoms with Crippen molar-refractivity contribution in [2.24, 2.45) is 5.92 Å². The molecule has 68 valence electrons. The first-order valence-electron chi connectivity index (χ1n) is 4.30. The van der Waals surface area contributed by atoms with Crippen LogP contribution in [0.1, 0.15) is 27.1 Å². The van der Waals surface area contributed by atoms with Gasteiger partial charge in [-0.3, -0.25) is 9.59 Å². The van der Waals surface area contributed by atoms with Crippen molar-refractivity contribution in [2.75, 3.05) is 0 Å². The first-order chi connectivity index (χ1) is 6.74. The number of carbonyl (C=O) groups is 2. The van der Waals surface area contributed by atoms with E-state index in [4.69, 9.17) is 5.26 Å². The molecule has 0 bridgehead atoms. The van der Waals surface area contributed by atoms with Gasteiger partial charge in [-0.25, -0.2) is 0 Å². The minimum atomic E-state index is -0.794. The second kappa shape index (κ2) is 3.08. The molecule has 3 nitrogen and oxygen atoms in total. The lowest BCUT2D eigenvalue weighted by Crippen LogP contribution is -2.25. The molecule has 3 heteroatoms. The molecular weight excluding hydrogens is 178 g/mol. The number of benzene rings is 1. The van der Waals surface area contributed by atoms with E-state index >= 15 is 0 Å². The minimum Gasteiger partial charge on any atom is -0.294 e. The Bertz CT molecular complexity index is 457. The summed E-state index contributed by atoms with van der Waals surface area (Å²) in [5.41, 5.74) is 0.833. The number of carbonyl (C=O) groups excluding carboxylic acids is 2. The summed E-state index contributed by atoms with van der Waals surface area (Å²) in [5.74, 6) is -1.15. The molecule has 0 radical (unpaired) electrons. The van der Waals surface area contributed by atoms with Gasteiger partial charge in [0, 0.05) is 17.5 Å². The van der Waals surface area contributed by atoms with Gasteiger partial charge in [0.2, 0.25) is 0 Å². The lowest BCUT2D eigenvalue weighted by atomic mass is 9.83. The Balaban J connectivity index is 2.58. The highest BCUT2D eigenvalue weighted by Gasteiger charge is 2.31. The number of rotatable bonds is 0. The zero-order chi connectivity index (χ0) is 10.1. The van der Waals surface area contributed by atoms with E-state index in [-0.39, 0.29) is 18.0 Å². The number of fused-ring (bicyclic) bond motifs is 1. The van der Waals surface area contributed by atoms with Crippen LogP contribution in [0.3, 0.4) is 0 Å². The molecule has 1 aliphatic carbocycles. The molecule has 1 atom stereocenters. The quantitative estimate of drug-likeness (QED) is 0.616.